The Morgan fingerprint density at radius 2 is 1.97 bits per heavy atom. The molecule has 7 atom stereocenters. The highest BCUT2D eigenvalue weighted by Gasteiger charge is 2.63. The largest absolute Gasteiger partial charge is 0.478 e. The van der Waals surface area contributed by atoms with Crippen molar-refractivity contribution in [2.75, 3.05) is 13.7 Å². The van der Waals surface area contributed by atoms with E-state index in [0.717, 1.165) is 32.1 Å². The zero-order valence-corrected chi connectivity index (χ0v) is 19.9. The minimum absolute atomic E-state index is 0.135. The Balaban J connectivity index is 1.55. The molecule has 1 aromatic heterocycles. The minimum atomic E-state index is -0.204. The van der Waals surface area contributed by atoms with Gasteiger partial charge in [0.25, 0.3) is 0 Å². The van der Waals surface area contributed by atoms with Crippen LogP contribution in [0.2, 0.25) is 0 Å². The summed E-state index contributed by atoms with van der Waals surface area (Å²) in [5.41, 5.74) is 1.86. The van der Waals surface area contributed by atoms with Gasteiger partial charge in [0.1, 0.15) is 0 Å². The second-order valence-electron chi connectivity index (χ2n) is 11.1. The van der Waals surface area contributed by atoms with Crippen molar-refractivity contribution in [1.29, 1.82) is 0 Å². The topological polar surface area (TPSA) is 51.6 Å². The number of methoxy groups -OCH3 is 1. The summed E-state index contributed by atoms with van der Waals surface area (Å²) in [6.07, 6.45) is 10.2. The van der Waals surface area contributed by atoms with Crippen molar-refractivity contribution in [2.45, 2.75) is 84.3 Å². The highest BCUT2D eigenvalue weighted by atomic mass is 16.5. The Morgan fingerprint density at radius 1 is 1.16 bits per heavy atom. The molecule has 0 bridgehead atoms. The summed E-state index contributed by atoms with van der Waals surface area (Å²) < 4.78 is 12.3. The van der Waals surface area contributed by atoms with Crippen LogP contribution in [0.3, 0.4) is 0 Å². The number of nitrogens with zero attached hydrogens (tertiary/aromatic N) is 1. The molecular formula is C27H41NO3. The van der Waals surface area contributed by atoms with Crippen molar-refractivity contribution in [3.05, 3.63) is 36.5 Å². The van der Waals surface area contributed by atoms with Gasteiger partial charge < -0.3 is 14.6 Å². The maximum absolute atomic E-state index is 10.5. The molecule has 3 saturated carbocycles. The predicted molar refractivity (Wildman–Crippen MR) is 124 cm³/mol. The maximum Gasteiger partial charge on any atom is 0.213 e. The van der Waals surface area contributed by atoms with Crippen LogP contribution in [0.4, 0.5) is 0 Å². The first-order valence-electron chi connectivity index (χ1n) is 12.2. The molecule has 1 aromatic rings. The number of hydrogen-bond donors (Lipinski definition) is 1. The number of hydrogen-bond acceptors (Lipinski definition) is 4. The molecular weight excluding hydrogens is 386 g/mol. The molecule has 0 radical (unpaired) electrons. The Bertz CT molecular complexity index is 782. The third-order valence-electron chi connectivity index (χ3n) is 9.90. The zero-order valence-electron chi connectivity index (χ0n) is 19.9. The lowest BCUT2D eigenvalue weighted by Gasteiger charge is -2.60. The van der Waals surface area contributed by atoms with Crippen LogP contribution < -0.4 is 4.74 Å². The molecule has 31 heavy (non-hydrogen) atoms. The van der Waals surface area contributed by atoms with E-state index in [1.54, 1.807) is 6.20 Å². The summed E-state index contributed by atoms with van der Waals surface area (Å²) in [7, 11) is 1.91. The SMILES string of the molecule is C=C1CCC2(C)C(OC)C(C3(C)CCC(O)CC3CCOc3ccccn3)CCC12C. The van der Waals surface area contributed by atoms with Gasteiger partial charge in [0.2, 0.25) is 5.88 Å². The molecule has 1 N–H and O–H groups in total. The summed E-state index contributed by atoms with van der Waals surface area (Å²) in [6.45, 7) is 12.4. The fourth-order valence-corrected chi connectivity index (χ4v) is 7.50. The maximum atomic E-state index is 10.5. The number of ether oxygens (including phenoxy) is 2. The first kappa shape index (κ1) is 22.8. The molecule has 0 aliphatic heterocycles. The average Bonchev–Trinajstić information content (AvgIpc) is 3.00. The van der Waals surface area contributed by atoms with Crippen molar-refractivity contribution in [3.8, 4) is 5.88 Å². The normalized spacial score (nSPS) is 42.9. The van der Waals surface area contributed by atoms with E-state index >= 15 is 0 Å². The standard InChI is InChI=1S/C27H41NO3/c1-19-9-14-27(4)24(30-5)22(11-15-26(19,27)3)25(2)13-10-21(29)18-20(25)12-17-31-23-8-6-7-16-28-23/h6-8,16,20-22,24,29H,1,9-15,17-18H2,2-5H3. The van der Waals surface area contributed by atoms with Crippen LogP contribution in [0.15, 0.2) is 36.5 Å². The summed E-state index contributed by atoms with van der Waals surface area (Å²) in [5.74, 6) is 1.59. The Labute approximate surface area is 188 Å². The Morgan fingerprint density at radius 3 is 2.68 bits per heavy atom. The van der Waals surface area contributed by atoms with Crippen molar-refractivity contribution < 1.29 is 14.6 Å². The van der Waals surface area contributed by atoms with Crippen molar-refractivity contribution in [1.82, 2.24) is 4.98 Å². The van der Waals surface area contributed by atoms with E-state index in [-0.39, 0.29) is 28.5 Å². The van der Waals surface area contributed by atoms with Gasteiger partial charge in [0, 0.05) is 24.8 Å². The van der Waals surface area contributed by atoms with Crippen molar-refractivity contribution in [3.63, 3.8) is 0 Å². The molecule has 3 aliphatic carbocycles. The highest BCUT2D eigenvalue weighted by Crippen LogP contribution is 2.67. The summed E-state index contributed by atoms with van der Waals surface area (Å²) in [5, 5.41) is 10.5. The molecule has 0 amide bonds. The van der Waals surface area contributed by atoms with Crippen LogP contribution in [0.25, 0.3) is 0 Å². The van der Waals surface area contributed by atoms with Gasteiger partial charge in [0.05, 0.1) is 18.8 Å². The van der Waals surface area contributed by atoms with Gasteiger partial charge in [-0.2, -0.15) is 0 Å². The van der Waals surface area contributed by atoms with Gasteiger partial charge in [-0.15, -0.1) is 0 Å². The summed E-state index contributed by atoms with van der Waals surface area (Å²) in [6, 6.07) is 5.77. The molecule has 3 fully saturated rings. The predicted octanol–water partition coefficient (Wildman–Crippen LogP) is 5.81. The highest BCUT2D eigenvalue weighted by molar-refractivity contribution is 5.26. The van der Waals surface area contributed by atoms with Crippen LogP contribution in [-0.2, 0) is 4.74 Å². The molecule has 172 valence electrons. The second kappa shape index (κ2) is 8.51. The number of aliphatic hydroxyl groups excluding tert-OH is 1. The van der Waals surface area contributed by atoms with Gasteiger partial charge in [0.15, 0.2) is 0 Å². The number of allylic oxidation sites excluding steroid dienone is 1. The summed E-state index contributed by atoms with van der Waals surface area (Å²) >= 11 is 0. The van der Waals surface area contributed by atoms with Gasteiger partial charge in [-0.3, -0.25) is 0 Å². The lowest BCUT2D eigenvalue weighted by Crippen LogP contribution is -2.58. The molecule has 7 unspecified atom stereocenters. The third-order valence-corrected chi connectivity index (χ3v) is 9.90. The molecule has 1 heterocycles. The molecule has 4 nitrogen and oxygen atoms in total. The smallest absolute Gasteiger partial charge is 0.213 e. The van der Waals surface area contributed by atoms with E-state index < -0.39 is 0 Å². The number of fused-ring (bicyclic) bond motifs is 1. The first-order valence-corrected chi connectivity index (χ1v) is 12.2. The molecule has 4 rings (SSSR count). The molecule has 0 saturated heterocycles. The van der Waals surface area contributed by atoms with Crippen LogP contribution in [0.5, 0.6) is 5.88 Å². The number of rotatable bonds is 6. The number of aliphatic hydroxyl groups is 1. The van der Waals surface area contributed by atoms with Crippen LogP contribution >= 0.6 is 0 Å². The second-order valence-corrected chi connectivity index (χ2v) is 11.1. The average molecular weight is 428 g/mol. The fourth-order valence-electron chi connectivity index (χ4n) is 7.50. The van der Waals surface area contributed by atoms with Gasteiger partial charge in [-0.25, -0.2) is 4.98 Å². The minimum Gasteiger partial charge on any atom is -0.478 e. The number of aromatic nitrogens is 1. The molecule has 0 spiro atoms. The first-order chi connectivity index (χ1) is 14.7. The lowest BCUT2D eigenvalue weighted by atomic mass is 9.47. The van der Waals surface area contributed by atoms with Gasteiger partial charge >= 0.3 is 0 Å². The molecule has 4 heteroatoms. The molecule has 3 aliphatic rings. The zero-order chi connectivity index (χ0) is 22.3. The van der Waals surface area contributed by atoms with Crippen molar-refractivity contribution in [2.24, 2.45) is 28.1 Å². The van der Waals surface area contributed by atoms with E-state index in [0.29, 0.717) is 24.3 Å². The third kappa shape index (κ3) is 3.74. The van der Waals surface area contributed by atoms with Crippen LogP contribution in [0.1, 0.15) is 72.1 Å². The van der Waals surface area contributed by atoms with E-state index in [1.807, 2.05) is 25.3 Å². The Hall–Kier alpha value is -1.39. The van der Waals surface area contributed by atoms with Crippen LogP contribution in [-0.4, -0.2) is 36.0 Å². The summed E-state index contributed by atoms with van der Waals surface area (Å²) in [4.78, 5) is 4.29. The Kier molecular flexibility index (Phi) is 6.26. The fraction of sp³-hybridized carbons (Fsp3) is 0.741. The van der Waals surface area contributed by atoms with E-state index in [1.165, 1.54) is 24.8 Å². The monoisotopic (exact) mass is 427 g/mol. The van der Waals surface area contributed by atoms with Gasteiger partial charge in [-0.1, -0.05) is 39.0 Å². The quantitative estimate of drug-likeness (QED) is 0.583. The number of pyridine rings is 1. The lowest BCUT2D eigenvalue weighted by molar-refractivity contribution is -0.171. The van der Waals surface area contributed by atoms with Gasteiger partial charge in [-0.05, 0) is 80.1 Å². The van der Waals surface area contributed by atoms with Crippen molar-refractivity contribution >= 4 is 0 Å². The van der Waals surface area contributed by atoms with E-state index in [2.05, 4.69) is 32.3 Å². The van der Waals surface area contributed by atoms with Crippen LogP contribution in [0, 0.1) is 28.1 Å². The van der Waals surface area contributed by atoms with E-state index in [4.69, 9.17) is 9.47 Å². The van der Waals surface area contributed by atoms with E-state index in [9.17, 15) is 5.11 Å². The molecule has 0 aromatic carbocycles.